The van der Waals surface area contributed by atoms with Gasteiger partial charge < -0.3 is 20.3 Å². The second-order valence-corrected chi connectivity index (χ2v) is 6.96. The Labute approximate surface area is 149 Å². The largest absolute Gasteiger partial charge is 0.462 e. The lowest BCUT2D eigenvalue weighted by atomic mass is 9.95. The third-order valence-electron chi connectivity index (χ3n) is 3.78. The van der Waals surface area contributed by atoms with Crippen LogP contribution in [-0.4, -0.2) is 31.8 Å². The van der Waals surface area contributed by atoms with Gasteiger partial charge in [0.15, 0.2) is 5.11 Å². The third kappa shape index (κ3) is 4.26. The fraction of sp³-hybridized carbons (Fsp3) is 0.444. The zero-order valence-corrected chi connectivity index (χ0v) is 15.7. The molecule has 1 atom stereocenters. The zero-order valence-electron chi connectivity index (χ0n) is 14.8. The van der Waals surface area contributed by atoms with Gasteiger partial charge in [0, 0.05) is 25.5 Å². The summed E-state index contributed by atoms with van der Waals surface area (Å²) in [4.78, 5) is 14.6. The van der Waals surface area contributed by atoms with Gasteiger partial charge in [0.2, 0.25) is 0 Å². The van der Waals surface area contributed by atoms with E-state index in [4.69, 9.17) is 17.0 Å². The number of nitrogens with zero attached hydrogens (tertiary/aromatic N) is 1. The van der Waals surface area contributed by atoms with Crippen molar-refractivity contribution in [3.8, 4) is 0 Å². The van der Waals surface area contributed by atoms with Crippen molar-refractivity contribution >= 4 is 29.0 Å². The van der Waals surface area contributed by atoms with Crippen LogP contribution in [0.2, 0.25) is 0 Å². The molecule has 2 rings (SSSR count). The zero-order chi connectivity index (χ0) is 17.9. The summed E-state index contributed by atoms with van der Waals surface area (Å²) in [5.41, 5.74) is 3.37. The number of carbonyl (C=O) groups excluding carboxylic acids is 1. The van der Waals surface area contributed by atoms with Crippen LogP contribution in [0.4, 0.5) is 5.69 Å². The molecule has 0 unspecified atom stereocenters. The Bertz CT molecular complexity index is 651. The highest BCUT2D eigenvalue weighted by molar-refractivity contribution is 7.80. The van der Waals surface area contributed by atoms with Crippen molar-refractivity contribution in [2.75, 3.05) is 25.6 Å². The number of ether oxygens (including phenoxy) is 1. The summed E-state index contributed by atoms with van der Waals surface area (Å²) in [6.45, 7) is 6.27. The molecule has 0 saturated heterocycles. The van der Waals surface area contributed by atoms with Crippen LogP contribution < -0.4 is 15.5 Å². The van der Waals surface area contributed by atoms with Crippen LogP contribution in [0.5, 0.6) is 0 Å². The number of nitrogens with one attached hydrogen (secondary N) is 2. The van der Waals surface area contributed by atoms with Gasteiger partial charge in [-0.2, -0.15) is 0 Å². The Morgan fingerprint density at radius 1 is 1.29 bits per heavy atom. The van der Waals surface area contributed by atoms with Gasteiger partial charge in [0.25, 0.3) is 0 Å². The lowest BCUT2D eigenvalue weighted by molar-refractivity contribution is -0.140. The Balaban J connectivity index is 2.32. The van der Waals surface area contributed by atoms with Gasteiger partial charge in [-0.25, -0.2) is 4.79 Å². The van der Waals surface area contributed by atoms with E-state index in [2.05, 4.69) is 10.6 Å². The van der Waals surface area contributed by atoms with Crippen molar-refractivity contribution in [2.45, 2.75) is 26.8 Å². The number of esters is 1. The molecule has 2 N–H and O–H groups in total. The Hall–Kier alpha value is -2.08. The molecule has 1 aliphatic heterocycles. The Morgan fingerprint density at radius 2 is 1.92 bits per heavy atom. The van der Waals surface area contributed by atoms with E-state index in [0.717, 1.165) is 16.9 Å². The number of hydrogen-bond donors (Lipinski definition) is 2. The average molecular weight is 347 g/mol. The lowest BCUT2D eigenvalue weighted by Gasteiger charge is -2.30. The Morgan fingerprint density at radius 3 is 2.46 bits per heavy atom. The molecule has 1 aliphatic rings. The van der Waals surface area contributed by atoms with Gasteiger partial charge in [-0.05, 0) is 42.8 Å². The van der Waals surface area contributed by atoms with Crippen LogP contribution in [0.3, 0.4) is 0 Å². The quantitative estimate of drug-likeness (QED) is 0.631. The molecule has 0 saturated carbocycles. The molecule has 5 nitrogen and oxygen atoms in total. The number of hydrogen-bond acceptors (Lipinski definition) is 4. The minimum absolute atomic E-state index is 0.290. The van der Waals surface area contributed by atoms with Crippen molar-refractivity contribution in [1.82, 2.24) is 10.6 Å². The maximum atomic E-state index is 12.6. The van der Waals surface area contributed by atoms with Crippen molar-refractivity contribution in [2.24, 2.45) is 5.92 Å². The molecular weight excluding hydrogens is 322 g/mol. The van der Waals surface area contributed by atoms with Crippen molar-refractivity contribution < 1.29 is 9.53 Å². The van der Waals surface area contributed by atoms with Gasteiger partial charge in [-0.1, -0.05) is 26.0 Å². The molecule has 6 heteroatoms. The summed E-state index contributed by atoms with van der Waals surface area (Å²) >= 11 is 5.26. The van der Waals surface area contributed by atoms with Gasteiger partial charge in [0.05, 0.1) is 18.2 Å². The van der Waals surface area contributed by atoms with E-state index in [1.54, 1.807) is 0 Å². The molecule has 0 aliphatic carbocycles. The van der Waals surface area contributed by atoms with Crippen LogP contribution in [0.1, 0.15) is 32.4 Å². The molecule has 0 spiro atoms. The first-order chi connectivity index (χ1) is 11.3. The van der Waals surface area contributed by atoms with Crippen molar-refractivity contribution in [1.29, 1.82) is 0 Å². The summed E-state index contributed by atoms with van der Waals surface area (Å²) in [6, 6.07) is 7.74. The maximum Gasteiger partial charge on any atom is 0.338 e. The van der Waals surface area contributed by atoms with Gasteiger partial charge in [-0.15, -0.1) is 0 Å². The lowest BCUT2D eigenvalue weighted by Crippen LogP contribution is -2.45. The van der Waals surface area contributed by atoms with Gasteiger partial charge in [-0.3, -0.25) is 0 Å². The predicted molar refractivity (Wildman–Crippen MR) is 101 cm³/mol. The first kappa shape index (κ1) is 18.3. The summed E-state index contributed by atoms with van der Waals surface area (Å²) in [5.74, 6) is -0.0244. The minimum atomic E-state index is -0.314. The topological polar surface area (TPSA) is 53.6 Å². The van der Waals surface area contributed by atoms with E-state index < -0.39 is 0 Å². The predicted octanol–water partition coefficient (Wildman–Crippen LogP) is 2.74. The molecule has 0 radical (unpaired) electrons. The second-order valence-electron chi connectivity index (χ2n) is 6.55. The smallest absolute Gasteiger partial charge is 0.338 e. The summed E-state index contributed by atoms with van der Waals surface area (Å²) in [7, 11) is 3.98. The fourth-order valence-electron chi connectivity index (χ4n) is 2.50. The standard InChI is InChI=1S/C18H25N3O2S/c1-11(2)10-23-17(22)15-12(3)19-18(24)20-16(15)13-6-8-14(9-7-13)21(4)5/h6-9,11,16H,10H2,1-5H3,(H2,19,20,24)/t16-/m0/s1. The summed E-state index contributed by atoms with van der Waals surface area (Å²) < 4.78 is 5.43. The molecule has 0 bridgehead atoms. The minimum Gasteiger partial charge on any atom is -0.462 e. The van der Waals surface area contributed by atoms with Crippen LogP contribution in [0.15, 0.2) is 35.5 Å². The highest BCUT2D eigenvalue weighted by Crippen LogP contribution is 2.29. The fourth-order valence-corrected chi connectivity index (χ4v) is 2.77. The number of rotatable bonds is 5. The average Bonchev–Trinajstić information content (AvgIpc) is 2.52. The van der Waals surface area contributed by atoms with E-state index in [1.807, 2.05) is 64.0 Å². The molecule has 1 heterocycles. The first-order valence-electron chi connectivity index (χ1n) is 8.02. The highest BCUT2D eigenvalue weighted by atomic mass is 32.1. The van der Waals surface area contributed by atoms with Gasteiger partial charge in [0.1, 0.15) is 0 Å². The molecule has 0 aromatic heterocycles. The first-order valence-corrected chi connectivity index (χ1v) is 8.43. The molecule has 0 fully saturated rings. The molecule has 1 aromatic carbocycles. The molecule has 0 amide bonds. The van der Waals surface area contributed by atoms with Crippen LogP contribution >= 0.6 is 12.2 Å². The van der Waals surface area contributed by atoms with E-state index in [9.17, 15) is 4.79 Å². The number of anilines is 1. The highest BCUT2D eigenvalue weighted by Gasteiger charge is 2.31. The summed E-state index contributed by atoms with van der Waals surface area (Å²) in [6.07, 6.45) is 0. The van der Waals surface area contributed by atoms with E-state index in [1.165, 1.54) is 0 Å². The maximum absolute atomic E-state index is 12.6. The van der Waals surface area contributed by atoms with Crippen LogP contribution in [-0.2, 0) is 9.53 Å². The molecule has 24 heavy (non-hydrogen) atoms. The number of benzene rings is 1. The third-order valence-corrected chi connectivity index (χ3v) is 4.00. The monoisotopic (exact) mass is 347 g/mol. The number of allylic oxidation sites excluding steroid dienone is 1. The number of thiocarbonyl (C=S) groups is 1. The Kier molecular flexibility index (Phi) is 5.83. The molecule has 130 valence electrons. The van der Waals surface area contributed by atoms with Crippen molar-refractivity contribution in [3.05, 3.63) is 41.1 Å². The van der Waals surface area contributed by atoms with Crippen molar-refractivity contribution in [3.63, 3.8) is 0 Å². The van der Waals surface area contributed by atoms with E-state index >= 15 is 0 Å². The SMILES string of the molecule is CC1=C(C(=O)OCC(C)C)[C@H](c2ccc(N(C)C)cc2)NC(=S)N1. The van der Waals surface area contributed by atoms with Crippen LogP contribution in [0, 0.1) is 5.92 Å². The van der Waals surface area contributed by atoms with E-state index in [-0.39, 0.29) is 12.0 Å². The molecule has 1 aromatic rings. The molecular formula is C18H25N3O2S. The summed E-state index contributed by atoms with van der Waals surface area (Å²) in [5, 5.41) is 6.71. The van der Waals surface area contributed by atoms with Gasteiger partial charge >= 0.3 is 5.97 Å². The number of carbonyl (C=O) groups is 1. The second kappa shape index (κ2) is 7.66. The normalized spacial score (nSPS) is 17.4. The van der Waals surface area contributed by atoms with Crippen LogP contribution in [0.25, 0.3) is 0 Å². The van der Waals surface area contributed by atoms with E-state index in [0.29, 0.717) is 23.2 Å².